The van der Waals surface area contributed by atoms with Crippen molar-refractivity contribution in [3.8, 4) is 0 Å². The number of halogens is 1. The van der Waals surface area contributed by atoms with Gasteiger partial charge in [0, 0.05) is 40.5 Å². The lowest BCUT2D eigenvalue weighted by Gasteiger charge is -2.33. The molecule has 42 heavy (non-hydrogen) atoms. The molecule has 1 aliphatic carbocycles. The topological polar surface area (TPSA) is 136 Å². The van der Waals surface area contributed by atoms with Gasteiger partial charge in [-0.05, 0) is 49.6 Å². The molecule has 2 aliphatic heterocycles. The molecule has 1 amide bonds. The number of ketones is 1. The molecule has 3 heterocycles. The monoisotopic (exact) mass is 582 g/mol. The molecule has 0 radical (unpaired) electrons. The fourth-order valence-electron chi connectivity index (χ4n) is 5.10. The number of fused-ring (bicyclic) bond motifs is 1. The number of benzene rings is 2. The number of carboxylic acids is 1. The number of hydrogen-bond acceptors (Lipinski definition) is 7. The molecule has 1 atom stereocenters. The molecule has 1 fully saturated rings. The van der Waals surface area contributed by atoms with Gasteiger partial charge in [-0.1, -0.05) is 48.0 Å². The molecule has 1 saturated carbocycles. The molecular weight excluding hydrogens is 556 g/mol. The summed E-state index contributed by atoms with van der Waals surface area (Å²) in [7, 11) is 0. The number of anilines is 2. The Labute approximate surface area is 246 Å². The Morgan fingerprint density at radius 2 is 1.88 bits per heavy atom. The van der Waals surface area contributed by atoms with E-state index in [1.165, 1.54) is 18.3 Å². The number of aliphatic imine (C=N–C) groups is 2. The third kappa shape index (κ3) is 5.53. The average Bonchev–Trinajstić information content (AvgIpc) is 3.74. The summed E-state index contributed by atoms with van der Waals surface area (Å²) in [6.45, 7) is 1.77. The number of nitrogens with one attached hydrogen (secondary N) is 2. The maximum Gasteiger partial charge on any atom is 0.335 e. The van der Waals surface area contributed by atoms with E-state index in [0.717, 1.165) is 24.1 Å². The van der Waals surface area contributed by atoms with E-state index in [1.807, 2.05) is 30.3 Å². The maximum absolute atomic E-state index is 13.9. The molecule has 3 N–H and O–H groups in total. The number of aromatic carboxylic acids is 1. The molecule has 1 unspecified atom stereocenters. The van der Waals surface area contributed by atoms with Gasteiger partial charge in [0.05, 0.1) is 17.7 Å². The first-order valence-corrected chi connectivity index (χ1v) is 13.9. The van der Waals surface area contributed by atoms with Crippen LogP contribution in [0.15, 0.2) is 88.1 Å². The summed E-state index contributed by atoms with van der Waals surface area (Å²) in [6.07, 6.45) is 3.56. The second-order valence-electron chi connectivity index (χ2n) is 10.4. The predicted molar refractivity (Wildman–Crippen MR) is 160 cm³/mol. The number of amides is 1. The van der Waals surface area contributed by atoms with Crippen molar-refractivity contribution in [3.63, 3.8) is 0 Å². The number of guanidine groups is 1. The highest BCUT2D eigenvalue weighted by Crippen LogP contribution is 2.39. The first-order chi connectivity index (χ1) is 20.3. The Morgan fingerprint density at radius 3 is 2.62 bits per heavy atom. The minimum absolute atomic E-state index is 0.0117. The van der Waals surface area contributed by atoms with Crippen LogP contribution in [0.4, 0.5) is 11.5 Å². The largest absolute Gasteiger partial charge is 0.478 e. The van der Waals surface area contributed by atoms with Gasteiger partial charge in [-0.25, -0.2) is 14.8 Å². The SMILES string of the molecule is CC1=C(C(=O)Nc2cc(C(=O)O)ccn2)C(c2ccccc2Cl)N=C(/N=C2/Cc3ccccc3N2)N1CC(=O)C1CC1. The molecular formula is C31H27ClN6O4. The molecule has 0 bridgehead atoms. The molecule has 3 aliphatic rings. The Balaban J connectivity index is 1.43. The van der Waals surface area contributed by atoms with Crippen molar-refractivity contribution in [2.75, 3.05) is 17.2 Å². The summed E-state index contributed by atoms with van der Waals surface area (Å²) < 4.78 is 0. The van der Waals surface area contributed by atoms with Gasteiger partial charge in [-0.15, -0.1) is 0 Å². The van der Waals surface area contributed by atoms with Crippen LogP contribution in [-0.2, 0) is 16.0 Å². The number of aromatic nitrogens is 1. The van der Waals surface area contributed by atoms with Gasteiger partial charge in [0.2, 0.25) is 5.96 Å². The number of carbonyl (C=O) groups is 3. The normalized spacial score (nSPS) is 18.8. The number of nitrogens with zero attached hydrogens (tertiary/aromatic N) is 4. The third-order valence-corrected chi connectivity index (χ3v) is 7.83. The van der Waals surface area contributed by atoms with Crippen molar-refractivity contribution in [2.45, 2.75) is 32.2 Å². The van der Waals surface area contributed by atoms with Gasteiger partial charge in [-0.2, -0.15) is 4.99 Å². The van der Waals surface area contributed by atoms with Crippen LogP contribution in [0.1, 0.15) is 47.3 Å². The first-order valence-electron chi connectivity index (χ1n) is 13.5. The number of hydrogen-bond donors (Lipinski definition) is 3. The number of rotatable bonds is 7. The smallest absolute Gasteiger partial charge is 0.335 e. The van der Waals surface area contributed by atoms with Crippen LogP contribution >= 0.6 is 11.6 Å². The van der Waals surface area contributed by atoms with Gasteiger partial charge in [-0.3, -0.25) is 9.59 Å². The van der Waals surface area contributed by atoms with Crippen molar-refractivity contribution in [3.05, 3.63) is 99.8 Å². The number of amidine groups is 1. The van der Waals surface area contributed by atoms with Crippen molar-refractivity contribution in [1.29, 1.82) is 0 Å². The number of Topliss-reactive ketones (excluding diaryl/α,β-unsaturated/α-hetero) is 1. The molecule has 0 spiro atoms. The lowest BCUT2D eigenvalue weighted by atomic mass is 9.94. The van der Waals surface area contributed by atoms with E-state index in [-0.39, 0.29) is 35.2 Å². The standard InChI is InChI=1S/C31H27ClN6O4/c1-17-27(29(40)35-25-15-20(30(41)42)12-13-33-25)28(21-7-3-4-8-22(21)32)37-31(38(17)16-24(39)18-10-11-18)36-26-14-19-6-2-5-9-23(19)34-26/h2-9,12-13,15,18,28H,10-11,14,16H2,1H3,(H,41,42)(H,33,35,40)(H,34,36,37). The summed E-state index contributed by atoms with van der Waals surface area (Å²) in [5.74, 6) is -0.606. The quantitative estimate of drug-likeness (QED) is 0.352. The number of para-hydroxylation sites is 1. The Bertz CT molecular complexity index is 1680. The van der Waals surface area contributed by atoms with Gasteiger partial charge in [0.1, 0.15) is 17.7 Å². The number of pyridine rings is 1. The van der Waals surface area contributed by atoms with Gasteiger partial charge >= 0.3 is 5.97 Å². The minimum atomic E-state index is -1.14. The zero-order valence-corrected chi connectivity index (χ0v) is 23.4. The summed E-state index contributed by atoms with van der Waals surface area (Å²) in [5, 5.41) is 15.9. The molecule has 11 heteroatoms. The first kappa shape index (κ1) is 27.3. The fourth-order valence-corrected chi connectivity index (χ4v) is 5.34. The van der Waals surface area contributed by atoms with Crippen LogP contribution in [0.5, 0.6) is 0 Å². The van der Waals surface area contributed by atoms with Gasteiger partial charge in [0.25, 0.3) is 5.91 Å². The lowest BCUT2D eigenvalue weighted by Crippen LogP contribution is -2.40. The summed E-state index contributed by atoms with van der Waals surface area (Å²) in [4.78, 5) is 54.1. The van der Waals surface area contributed by atoms with E-state index in [2.05, 4.69) is 15.6 Å². The van der Waals surface area contributed by atoms with Gasteiger partial charge < -0.3 is 20.6 Å². The second-order valence-corrected chi connectivity index (χ2v) is 10.8. The van der Waals surface area contributed by atoms with E-state index < -0.39 is 17.9 Å². The molecule has 0 saturated heterocycles. The average molecular weight is 583 g/mol. The number of carboxylic acid groups (broad SMARTS) is 1. The zero-order valence-electron chi connectivity index (χ0n) is 22.7. The minimum Gasteiger partial charge on any atom is -0.478 e. The number of carbonyl (C=O) groups excluding carboxylic acids is 2. The highest BCUT2D eigenvalue weighted by atomic mass is 35.5. The summed E-state index contributed by atoms with van der Waals surface area (Å²) >= 11 is 6.62. The van der Waals surface area contributed by atoms with Crippen LogP contribution in [0.2, 0.25) is 5.02 Å². The maximum atomic E-state index is 13.9. The van der Waals surface area contributed by atoms with Gasteiger partial charge in [0.15, 0.2) is 5.78 Å². The lowest BCUT2D eigenvalue weighted by molar-refractivity contribution is -0.120. The van der Waals surface area contributed by atoms with Crippen LogP contribution in [0.25, 0.3) is 0 Å². The Morgan fingerprint density at radius 1 is 1.12 bits per heavy atom. The Kier molecular flexibility index (Phi) is 7.30. The molecule has 3 aromatic rings. The van der Waals surface area contributed by atoms with E-state index in [4.69, 9.17) is 21.6 Å². The molecule has 6 rings (SSSR count). The van der Waals surface area contributed by atoms with E-state index in [1.54, 1.807) is 30.0 Å². The van der Waals surface area contributed by atoms with Crippen molar-refractivity contribution in [2.24, 2.45) is 15.9 Å². The molecule has 1 aromatic heterocycles. The molecule has 212 valence electrons. The van der Waals surface area contributed by atoms with Crippen LogP contribution in [0, 0.1) is 5.92 Å². The van der Waals surface area contributed by atoms with E-state index in [0.29, 0.717) is 34.5 Å². The molecule has 2 aromatic carbocycles. The van der Waals surface area contributed by atoms with Crippen molar-refractivity contribution in [1.82, 2.24) is 9.88 Å². The molecule has 10 nitrogen and oxygen atoms in total. The van der Waals surface area contributed by atoms with Crippen molar-refractivity contribution < 1.29 is 19.5 Å². The number of allylic oxidation sites excluding steroid dienone is 1. The highest BCUT2D eigenvalue weighted by Gasteiger charge is 2.38. The van der Waals surface area contributed by atoms with Crippen molar-refractivity contribution >= 4 is 52.6 Å². The predicted octanol–water partition coefficient (Wildman–Crippen LogP) is 5.10. The second kappa shape index (κ2) is 11.2. The fraction of sp³-hybridized carbons (Fsp3) is 0.226. The van der Waals surface area contributed by atoms with Crippen LogP contribution in [-0.4, -0.2) is 51.0 Å². The Hall–Kier alpha value is -4.83. The third-order valence-electron chi connectivity index (χ3n) is 7.48. The summed E-state index contributed by atoms with van der Waals surface area (Å²) in [6, 6.07) is 16.8. The zero-order chi connectivity index (χ0) is 29.4. The summed E-state index contributed by atoms with van der Waals surface area (Å²) in [5.41, 5.74) is 3.37. The van der Waals surface area contributed by atoms with E-state index in [9.17, 15) is 19.5 Å². The van der Waals surface area contributed by atoms with E-state index >= 15 is 0 Å². The van der Waals surface area contributed by atoms with Crippen LogP contribution in [0.3, 0.4) is 0 Å². The highest BCUT2D eigenvalue weighted by molar-refractivity contribution is 6.31. The van der Waals surface area contributed by atoms with Crippen LogP contribution < -0.4 is 10.6 Å².